The number of ether oxygens (including phenoxy) is 3. The van der Waals surface area contributed by atoms with Gasteiger partial charge in [-0.1, -0.05) is 15.9 Å². The first-order valence-corrected chi connectivity index (χ1v) is 7.95. The van der Waals surface area contributed by atoms with Crippen LogP contribution in [0.25, 0.3) is 0 Å². The van der Waals surface area contributed by atoms with Crippen LogP contribution in [0.5, 0.6) is 17.2 Å². The Labute approximate surface area is 133 Å². The zero-order valence-electron chi connectivity index (χ0n) is 12.5. The second kappa shape index (κ2) is 7.02. The highest BCUT2D eigenvalue weighted by atomic mass is 79.9. The minimum Gasteiger partial charge on any atom is -0.493 e. The largest absolute Gasteiger partial charge is 0.493 e. The summed E-state index contributed by atoms with van der Waals surface area (Å²) >= 11 is 3.47. The molecule has 1 heterocycles. The fourth-order valence-electron chi connectivity index (χ4n) is 2.63. The minimum atomic E-state index is -0.00352. The predicted octanol–water partition coefficient (Wildman–Crippen LogP) is 2.71. The van der Waals surface area contributed by atoms with Gasteiger partial charge in [-0.05, 0) is 25.0 Å². The summed E-state index contributed by atoms with van der Waals surface area (Å²) in [5.74, 6) is 1.48. The number of carbonyl (C=O) groups excluding carboxylic acids is 1. The van der Waals surface area contributed by atoms with Crippen LogP contribution in [0.4, 0.5) is 0 Å². The van der Waals surface area contributed by atoms with E-state index in [9.17, 15) is 4.79 Å². The number of benzene rings is 1. The molecule has 1 unspecified atom stereocenters. The molecule has 1 aliphatic rings. The highest BCUT2D eigenvalue weighted by Crippen LogP contribution is 2.38. The fourth-order valence-corrected chi connectivity index (χ4v) is 3.31. The lowest BCUT2D eigenvalue weighted by molar-refractivity contribution is 0.0749. The maximum absolute atomic E-state index is 12.7. The molecular weight excluding hydrogens is 338 g/mol. The zero-order chi connectivity index (χ0) is 15.4. The first kappa shape index (κ1) is 15.9. The van der Waals surface area contributed by atoms with Crippen LogP contribution in [0.2, 0.25) is 0 Å². The van der Waals surface area contributed by atoms with Crippen LogP contribution < -0.4 is 14.2 Å². The summed E-state index contributed by atoms with van der Waals surface area (Å²) in [4.78, 5) is 14.6. The Bertz CT molecular complexity index is 495. The van der Waals surface area contributed by atoms with Crippen LogP contribution in [0.1, 0.15) is 23.2 Å². The van der Waals surface area contributed by atoms with Gasteiger partial charge < -0.3 is 19.1 Å². The molecule has 0 bridgehead atoms. The Hall–Kier alpha value is -1.43. The summed E-state index contributed by atoms with van der Waals surface area (Å²) < 4.78 is 15.9. The molecule has 6 heteroatoms. The van der Waals surface area contributed by atoms with Crippen molar-refractivity contribution in [1.82, 2.24) is 4.90 Å². The van der Waals surface area contributed by atoms with Crippen molar-refractivity contribution in [3.05, 3.63) is 17.7 Å². The van der Waals surface area contributed by atoms with Crippen molar-refractivity contribution in [2.45, 2.75) is 18.9 Å². The van der Waals surface area contributed by atoms with Gasteiger partial charge in [-0.2, -0.15) is 0 Å². The van der Waals surface area contributed by atoms with Gasteiger partial charge in [0.2, 0.25) is 5.75 Å². The number of nitrogens with zero attached hydrogens (tertiary/aromatic N) is 1. The molecule has 21 heavy (non-hydrogen) atoms. The van der Waals surface area contributed by atoms with Gasteiger partial charge in [0.1, 0.15) is 0 Å². The second-order valence-electron chi connectivity index (χ2n) is 4.86. The molecule has 1 aromatic carbocycles. The molecule has 1 atom stereocenters. The third-order valence-corrected chi connectivity index (χ3v) is 4.48. The third kappa shape index (κ3) is 3.10. The maximum atomic E-state index is 12.7. The summed E-state index contributed by atoms with van der Waals surface area (Å²) in [5.41, 5.74) is 0.553. The molecule has 2 rings (SSSR count). The molecule has 0 radical (unpaired) electrons. The number of likely N-dealkylation sites (tertiary alicyclic amines) is 1. The molecule has 0 spiro atoms. The SMILES string of the molecule is COc1cc(C(=O)N2CCCC2CBr)cc(OC)c1OC. The van der Waals surface area contributed by atoms with Gasteiger partial charge in [-0.25, -0.2) is 0 Å². The predicted molar refractivity (Wildman–Crippen MR) is 84.0 cm³/mol. The monoisotopic (exact) mass is 357 g/mol. The topological polar surface area (TPSA) is 48.0 Å². The van der Waals surface area contributed by atoms with Crippen LogP contribution in [-0.4, -0.2) is 50.1 Å². The molecular formula is C15H20BrNO4. The molecule has 5 nitrogen and oxygen atoms in total. The van der Waals surface area contributed by atoms with Crippen molar-refractivity contribution in [2.75, 3.05) is 33.2 Å². The fraction of sp³-hybridized carbons (Fsp3) is 0.533. The highest BCUT2D eigenvalue weighted by molar-refractivity contribution is 9.09. The van der Waals surface area contributed by atoms with Crippen molar-refractivity contribution in [2.24, 2.45) is 0 Å². The number of hydrogen-bond donors (Lipinski definition) is 0. The van der Waals surface area contributed by atoms with Crippen molar-refractivity contribution in [3.8, 4) is 17.2 Å². The Morgan fingerprint density at radius 1 is 1.24 bits per heavy atom. The first-order valence-electron chi connectivity index (χ1n) is 6.83. The van der Waals surface area contributed by atoms with Crippen LogP contribution >= 0.6 is 15.9 Å². The average Bonchev–Trinajstić information content (AvgIpc) is 3.01. The molecule has 1 aromatic rings. The van der Waals surface area contributed by atoms with Crippen LogP contribution in [0, 0.1) is 0 Å². The number of halogens is 1. The zero-order valence-corrected chi connectivity index (χ0v) is 14.1. The molecule has 1 amide bonds. The van der Waals surface area contributed by atoms with E-state index in [0.29, 0.717) is 22.8 Å². The number of carbonyl (C=O) groups is 1. The van der Waals surface area contributed by atoms with E-state index in [0.717, 1.165) is 24.7 Å². The summed E-state index contributed by atoms with van der Waals surface area (Å²) in [5, 5.41) is 0.795. The lowest BCUT2D eigenvalue weighted by Crippen LogP contribution is -2.36. The van der Waals surface area contributed by atoms with E-state index in [1.807, 2.05) is 4.90 Å². The lowest BCUT2D eigenvalue weighted by Gasteiger charge is -2.24. The Kier molecular flexibility index (Phi) is 5.33. The lowest BCUT2D eigenvalue weighted by atomic mass is 10.1. The number of hydrogen-bond acceptors (Lipinski definition) is 4. The standard InChI is InChI=1S/C15H20BrNO4/c1-19-12-7-10(8-13(20-2)14(12)21-3)15(18)17-6-4-5-11(17)9-16/h7-8,11H,4-6,9H2,1-3H3. The van der Waals surface area contributed by atoms with Crippen molar-refractivity contribution in [3.63, 3.8) is 0 Å². The van der Waals surface area contributed by atoms with E-state index in [1.54, 1.807) is 33.5 Å². The van der Waals surface area contributed by atoms with Gasteiger partial charge >= 0.3 is 0 Å². The van der Waals surface area contributed by atoms with Crippen LogP contribution in [-0.2, 0) is 0 Å². The van der Waals surface area contributed by atoms with E-state index in [2.05, 4.69) is 15.9 Å². The number of amides is 1. The van der Waals surface area contributed by atoms with Gasteiger partial charge in [0, 0.05) is 23.5 Å². The Morgan fingerprint density at radius 3 is 2.33 bits per heavy atom. The highest BCUT2D eigenvalue weighted by Gasteiger charge is 2.29. The van der Waals surface area contributed by atoms with Gasteiger partial charge in [0.25, 0.3) is 5.91 Å². The first-order chi connectivity index (χ1) is 10.2. The Balaban J connectivity index is 2.37. The van der Waals surface area contributed by atoms with Crippen LogP contribution in [0.3, 0.4) is 0 Å². The van der Waals surface area contributed by atoms with Crippen LogP contribution in [0.15, 0.2) is 12.1 Å². The average molecular weight is 358 g/mol. The van der Waals surface area contributed by atoms with Crippen molar-refractivity contribution < 1.29 is 19.0 Å². The van der Waals surface area contributed by atoms with E-state index in [4.69, 9.17) is 14.2 Å². The minimum absolute atomic E-state index is 0.00352. The van der Waals surface area contributed by atoms with Gasteiger partial charge in [-0.3, -0.25) is 4.79 Å². The van der Waals surface area contributed by atoms with E-state index in [1.165, 1.54) is 0 Å². The number of methoxy groups -OCH3 is 3. The molecule has 0 N–H and O–H groups in total. The molecule has 1 fully saturated rings. The van der Waals surface area contributed by atoms with Crippen molar-refractivity contribution >= 4 is 21.8 Å². The summed E-state index contributed by atoms with van der Waals surface area (Å²) in [6.07, 6.45) is 2.06. The smallest absolute Gasteiger partial charge is 0.254 e. The quantitative estimate of drug-likeness (QED) is 0.760. The molecule has 116 valence electrons. The van der Waals surface area contributed by atoms with Gasteiger partial charge in [0.15, 0.2) is 11.5 Å². The van der Waals surface area contributed by atoms with E-state index < -0.39 is 0 Å². The van der Waals surface area contributed by atoms with Crippen molar-refractivity contribution in [1.29, 1.82) is 0 Å². The maximum Gasteiger partial charge on any atom is 0.254 e. The summed E-state index contributed by atoms with van der Waals surface area (Å²) in [6, 6.07) is 3.65. The molecule has 0 aromatic heterocycles. The molecule has 1 saturated heterocycles. The molecule has 1 aliphatic heterocycles. The van der Waals surface area contributed by atoms with Gasteiger partial charge in [0.05, 0.1) is 21.3 Å². The normalized spacial score (nSPS) is 17.7. The molecule has 0 saturated carbocycles. The van der Waals surface area contributed by atoms with E-state index in [-0.39, 0.29) is 11.9 Å². The van der Waals surface area contributed by atoms with Gasteiger partial charge in [-0.15, -0.1) is 0 Å². The number of alkyl halides is 1. The van der Waals surface area contributed by atoms with E-state index >= 15 is 0 Å². The second-order valence-corrected chi connectivity index (χ2v) is 5.51. The summed E-state index contributed by atoms with van der Waals surface area (Å²) in [7, 11) is 4.63. The summed E-state index contributed by atoms with van der Waals surface area (Å²) in [6.45, 7) is 0.783. The number of rotatable bonds is 5. The third-order valence-electron chi connectivity index (χ3n) is 3.73. The Morgan fingerprint density at radius 2 is 1.86 bits per heavy atom. The molecule has 0 aliphatic carbocycles.